The van der Waals surface area contributed by atoms with Crippen molar-refractivity contribution in [1.82, 2.24) is 5.01 Å². The van der Waals surface area contributed by atoms with Crippen molar-refractivity contribution in [3.05, 3.63) is 80.4 Å². The number of halogens is 1. The van der Waals surface area contributed by atoms with E-state index in [2.05, 4.69) is 23.6 Å². The van der Waals surface area contributed by atoms with Gasteiger partial charge in [-0.3, -0.25) is 4.79 Å². The summed E-state index contributed by atoms with van der Waals surface area (Å²) >= 11 is 3.33. The van der Waals surface area contributed by atoms with Gasteiger partial charge in [0, 0.05) is 15.7 Å². The average molecular weight is 453 g/mol. The third kappa shape index (κ3) is 4.07. The van der Waals surface area contributed by atoms with Crippen LogP contribution in [0.1, 0.15) is 35.1 Å². The van der Waals surface area contributed by atoms with Crippen LogP contribution >= 0.6 is 22.7 Å². The number of hydrazone groups is 1. The molecule has 0 radical (unpaired) electrons. The molecule has 3 aromatic rings. The zero-order chi connectivity index (χ0) is 21.2. The second kappa shape index (κ2) is 8.77. The number of hydrogen-bond donors (Lipinski definition) is 0. The number of carbonyl (C=O) groups is 1. The summed E-state index contributed by atoms with van der Waals surface area (Å²) in [6, 6.07) is 14.2. The van der Waals surface area contributed by atoms with Crippen LogP contribution in [0.5, 0.6) is 5.75 Å². The monoisotopic (exact) mass is 452 g/mol. The molecule has 1 aromatic carbocycles. The summed E-state index contributed by atoms with van der Waals surface area (Å²) in [6.45, 7) is -0.254. The minimum absolute atomic E-state index is 0.0751. The number of amides is 1. The Labute approximate surface area is 188 Å². The minimum Gasteiger partial charge on any atom is -0.481 e. The lowest BCUT2D eigenvalue weighted by molar-refractivity contribution is -0.135. The van der Waals surface area contributed by atoms with Gasteiger partial charge >= 0.3 is 0 Å². The molecule has 5 rings (SSSR count). The van der Waals surface area contributed by atoms with Gasteiger partial charge in [-0.15, -0.1) is 22.7 Å². The largest absolute Gasteiger partial charge is 0.481 e. The van der Waals surface area contributed by atoms with Gasteiger partial charge in [-0.1, -0.05) is 24.3 Å². The first kappa shape index (κ1) is 20.2. The van der Waals surface area contributed by atoms with Gasteiger partial charge in [0.25, 0.3) is 5.91 Å². The summed E-state index contributed by atoms with van der Waals surface area (Å²) in [5, 5.41) is 10.5. The lowest BCUT2D eigenvalue weighted by atomic mass is 9.79. The van der Waals surface area contributed by atoms with Crippen LogP contribution in [0, 0.1) is 11.7 Å². The second-order valence-electron chi connectivity index (χ2n) is 7.59. The molecule has 0 N–H and O–H groups in total. The van der Waals surface area contributed by atoms with Crippen molar-refractivity contribution in [2.45, 2.75) is 25.3 Å². The van der Waals surface area contributed by atoms with E-state index in [0.717, 1.165) is 29.9 Å². The van der Waals surface area contributed by atoms with E-state index in [1.807, 2.05) is 17.5 Å². The number of benzene rings is 1. The van der Waals surface area contributed by atoms with Crippen molar-refractivity contribution in [1.29, 1.82) is 0 Å². The molecule has 0 spiro atoms. The first-order valence-electron chi connectivity index (χ1n) is 10.3. The number of carbonyl (C=O) groups excluding carboxylic acids is 1. The van der Waals surface area contributed by atoms with Crippen LogP contribution in [0.3, 0.4) is 0 Å². The first-order chi connectivity index (χ1) is 15.2. The van der Waals surface area contributed by atoms with E-state index in [-0.39, 0.29) is 30.2 Å². The smallest absolute Gasteiger partial charge is 0.281 e. The third-order valence-corrected chi connectivity index (χ3v) is 7.40. The van der Waals surface area contributed by atoms with Crippen molar-refractivity contribution in [3.8, 4) is 5.75 Å². The number of ether oxygens (including phenoxy) is 1. The standard InChI is InChI=1S/C24H21FN2O2S2/c25-19-9-1-2-10-20(19)29-15-22(28)27-24(21-11-5-13-31-21)18-8-3-6-16(23(18)26-27)14-17-7-4-12-30-17/h1-2,4-5,7,9-14,18,24H,3,6,8,15H2/b16-14-. The fourth-order valence-corrected chi connectivity index (χ4v) is 5.81. The van der Waals surface area contributed by atoms with Crippen molar-refractivity contribution >= 4 is 40.4 Å². The Balaban J connectivity index is 1.44. The van der Waals surface area contributed by atoms with E-state index in [4.69, 9.17) is 9.84 Å². The van der Waals surface area contributed by atoms with E-state index in [0.29, 0.717) is 0 Å². The highest BCUT2D eigenvalue weighted by atomic mass is 32.1. The lowest BCUT2D eigenvalue weighted by Gasteiger charge is -2.28. The molecule has 2 atom stereocenters. The van der Waals surface area contributed by atoms with Crippen LogP contribution < -0.4 is 4.74 Å². The molecule has 2 aromatic heterocycles. The third-order valence-electron chi connectivity index (χ3n) is 5.64. The van der Waals surface area contributed by atoms with Crippen LogP contribution in [-0.2, 0) is 4.79 Å². The van der Waals surface area contributed by atoms with Crippen molar-refractivity contribution in [3.63, 3.8) is 0 Å². The van der Waals surface area contributed by atoms with Crippen LogP contribution in [-0.4, -0.2) is 23.2 Å². The van der Waals surface area contributed by atoms with E-state index in [1.54, 1.807) is 39.8 Å². The Morgan fingerprint density at radius 1 is 1.16 bits per heavy atom. The molecule has 31 heavy (non-hydrogen) atoms. The van der Waals surface area contributed by atoms with E-state index in [1.165, 1.54) is 22.6 Å². The fourth-order valence-electron chi connectivity index (χ4n) is 4.26. The molecular weight excluding hydrogens is 431 g/mol. The maximum Gasteiger partial charge on any atom is 0.281 e. The van der Waals surface area contributed by atoms with E-state index < -0.39 is 5.82 Å². The zero-order valence-corrected chi connectivity index (χ0v) is 18.4. The van der Waals surface area contributed by atoms with Crippen LogP contribution in [0.25, 0.3) is 6.08 Å². The molecule has 3 heterocycles. The van der Waals surface area contributed by atoms with E-state index >= 15 is 0 Å². The Hall–Kier alpha value is -2.77. The van der Waals surface area contributed by atoms with Crippen LogP contribution in [0.15, 0.2) is 70.0 Å². The highest BCUT2D eigenvalue weighted by molar-refractivity contribution is 7.11. The quantitative estimate of drug-likeness (QED) is 0.466. The molecule has 4 nitrogen and oxygen atoms in total. The number of para-hydroxylation sites is 1. The molecule has 1 amide bonds. The van der Waals surface area contributed by atoms with Crippen LogP contribution in [0.2, 0.25) is 0 Å². The molecule has 158 valence electrons. The summed E-state index contributed by atoms with van der Waals surface area (Å²) in [5.41, 5.74) is 2.20. The van der Waals surface area contributed by atoms with Gasteiger partial charge in [-0.05, 0) is 65.9 Å². The summed E-state index contributed by atoms with van der Waals surface area (Å²) in [5.74, 6) is -0.506. The predicted octanol–water partition coefficient (Wildman–Crippen LogP) is 6.15. The van der Waals surface area contributed by atoms with E-state index in [9.17, 15) is 9.18 Å². The Kier molecular flexibility index (Phi) is 5.70. The predicted molar refractivity (Wildman–Crippen MR) is 123 cm³/mol. The molecule has 0 bridgehead atoms. The van der Waals surface area contributed by atoms with Gasteiger partial charge in [-0.25, -0.2) is 9.40 Å². The molecule has 1 saturated carbocycles. The number of thiophene rings is 2. The number of nitrogens with zero attached hydrogens (tertiary/aromatic N) is 2. The lowest BCUT2D eigenvalue weighted by Crippen LogP contribution is -2.34. The SMILES string of the molecule is O=C(COc1ccccc1F)N1N=C2/C(=C\c3cccs3)CCCC2C1c1cccs1. The van der Waals surface area contributed by atoms with Crippen LogP contribution in [0.4, 0.5) is 4.39 Å². The maximum absolute atomic E-state index is 13.9. The molecule has 0 saturated heterocycles. The highest BCUT2D eigenvalue weighted by Gasteiger charge is 2.44. The summed E-state index contributed by atoms with van der Waals surface area (Å²) in [6.07, 6.45) is 5.21. The van der Waals surface area contributed by atoms with Gasteiger partial charge in [0.1, 0.15) is 0 Å². The molecular formula is C24H21FN2O2S2. The first-order valence-corrected chi connectivity index (χ1v) is 12.0. The Morgan fingerprint density at radius 2 is 2.00 bits per heavy atom. The van der Waals surface area contributed by atoms with Crippen molar-refractivity contribution in [2.75, 3.05) is 6.61 Å². The number of allylic oxidation sites excluding steroid dienone is 1. The number of hydrogen-bond acceptors (Lipinski definition) is 5. The van der Waals surface area contributed by atoms with Gasteiger partial charge < -0.3 is 4.74 Å². The summed E-state index contributed by atoms with van der Waals surface area (Å²) in [4.78, 5) is 15.5. The molecule has 1 fully saturated rings. The topological polar surface area (TPSA) is 41.9 Å². The van der Waals surface area contributed by atoms with Gasteiger partial charge in [0.05, 0.1) is 11.8 Å². The van der Waals surface area contributed by atoms with Crippen molar-refractivity contribution in [2.24, 2.45) is 11.0 Å². The Morgan fingerprint density at radius 3 is 2.77 bits per heavy atom. The molecule has 1 aliphatic carbocycles. The average Bonchev–Trinajstić information content (AvgIpc) is 3.53. The highest BCUT2D eigenvalue weighted by Crippen LogP contribution is 2.45. The summed E-state index contributed by atoms with van der Waals surface area (Å²) in [7, 11) is 0. The summed E-state index contributed by atoms with van der Waals surface area (Å²) < 4.78 is 19.4. The van der Waals surface area contributed by atoms with Gasteiger partial charge in [-0.2, -0.15) is 5.10 Å². The minimum atomic E-state index is -0.479. The second-order valence-corrected chi connectivity index (χ2v) is 9.55. The maximum atomic E-state index is 13.9. The van der Waals surface area contributed by atoms with Gasteiger partial charge in [0.2, 0.25) is 0 Å². The fraction of sp³-hybridized carbons (Fsp3) is 0.250. The Bertz CT molecular complexity index is 1120. The van der Waals surface area contributed by atoms with Crippen molar-refractivity contribution < 1.29 is 13.9 Å². The normalized spacial score (nSPS) is 21.8. The number of rotatable bonds is 5. The molecule has 7 heteroatoms. The van der Waals surface area contributed by atoms with Gasteiger partial charge in [0.15, 0.2) is 18.2 Å². The number of fused-ring (bicyclic) bond motifs is 1. The molecule has 1 aliphatic heterocycles. The molecule has 2 aliphatic rings. The zero-order valence-electron chi connectivity index (χ0n) is 16.7. The molecule has 2 unspecified atom stereocenters.